The van der Waals surface area contributed by atoms with Crippen LogP contribution < -0.4 is 16.2 Å². The zero-order valence-electron chi connectivity index (χ0n) is 14.9. The second-order valence-electron chi connectivity index (χ2n) is 6.42. The van der Waals surface area contributed by atoms with E-state index >= 15 is 0 Å². The second kappa shape index (κ2) is 8.45. The van der Waals surface area contributed by atoms with Crippen LogP contribution in [0.2, 0.25) is 0 Å². The smallest absolute Gasteiger partial charge is 0.277 e. The van der Waals surface area contributed by atoms with Crippen molar-refractivity contribution in [1.29, 1.82) is 0 Å². The van der Waals surface area contributed by atoms with Crippen LogP contribution in [0.25, 0.3) is 10.9 Å². The molecule has 2 N–H and O–H groups in total. The van der Waals surface area contributed by atoms with Crippen LogP contribution in [0.3, 0.4) is 0 Å². The number of aryl methyl sites for hydroxylation is 1. The first-order valence-corrected chi connectivity index (χ1v) is 8.77. The number of nitrogens with zero attached hydrogens (tertiary/aromatic N) is 3. The topological polar surface area (TPSA) is 88.9 Å². The summed E-state index contributed by atoms with van der Waals surface area (Å²) in [6.07, 6.45) is 0.581. The Kier molecular flexibility index (Phi) is 6.01. The molecule has 4 rings (SSSR count). The van der Waals surface area contributed by atoms with Crippen LogP contribution in [0.5, 0.6) is 0 Å². The van der Waals surface area contributed by atoms with Gasteiger partial charge in [-0.15, -0.1) is 17.5 Å². The number of fused-ring (bicyclic) bond motifs is 2. The van der Waals surface area contributed by atoms with Gasteiger partial charge in [-0.3, -0.25) is 9.59 Å². The highest BCUT2D eigenvalue weighted by Gasteiger charge is 2.17. The molecule has 3 aromatic rings. The molecule has 1 amide bonds. The molecule has 0 spiro atoms. The predicted molar refractivity (Wildman–Crippen MR) is 106 cm³/mol. The van der Waals surface area contributed by atoms with Gasteiger partial charge in [0.25, 0.3) is 5.56 Å². The first-order valence-electron chi connectivity index (χ1n) is 8.77. The standard InChI is InChI=1S/C19H18FN5O2.ClH/c20-18-13-7-9-21-11-12(13)5-6-16(18)22-17(26)8-10-25-19(27)14-3-1-2-4-15(14)23-24-25;/h1-6,21H,7-11H2,(H,22,26);1H. The molecular formula is C19H19ClFN5O2. The van der Waals surface area contributed by atoms with Gasteiger partial charge in [0.2, 0.25) is 5.91 Å². The molecule has 0 atom stereocenters. The van der Waals surface area contributed by atoms with Gasteiger partial charge in [-0.2, -0.15) is 0 Å². The third kappa shape index (κ3) is 3.88. The molecule has 0 aliphatic carbocycles. The van der Waals surface area contributed by atoms with Gasteiger partial charge < -0.3 is 10.6 Å². The Morgan fingerprint density at radius 2 is 2.07 bits per heavy atom. The van der Waals surface area contributed by atoms with Crippen molar-refractivity contribution in [3.05, 3.63) is 63.7 Å². The molecule has 2 aromatic carbocycles. The molecule has 7 nitrogen and oxygen atoms in total. The highest BCUT2D eigenvalue weighted by atomic mass is 35.5. The molecule has 0 radical (unpaired) electrons. The SMILES string of the molecule is Cl.O=C(CCn1nnc2ccccc2c1=O)Nc1ccc2c(c1F)CCNC2. The first-order chi connectivity index (χ1) is 13.1. The van der Waals surface area contributed by atoms with E-state index in [1.54, 1.807) is 30.3 Å². The second-order valence-corrected chi connectivity index (χ2v) is 6.42. The number of anilines is 1. The van der Waals surface area contributed by atoms with Gasteiger partial charge >= 0.3 is 0 Å². The molecule has 0 saturated heterocycles. The fourth-order valence-electron chi connectivity index (χ4n) is 3.22. The van der Waals surface area contributed by atoms with Crippen LogP contribution in [-0.4, -0.2) is 27.4 Å². The summed E-state index contributed by atoms with van der Waals surface area (Å²) in [5, 5.41) is 14.1. The maximum absolute atomic E-state index is 14.6. The molecule has 28 heavy (non-hydrogen) atoms. The molecule has 1 aliphatic rings. The van der Waals surface area contributed by atoms with Gasteiger partial charge in [0.05, 0.1) is 17.6 Å². The van der Waals surface area contributed by atoms with E-state index in [0.29, 0.717) is 36.0 Å². The molecule has 0 bridgehead atoms. The summed E-state index contributed by atoms with van der Waals surface area (Å²) in [4.78, 5) is 24.6. The van der Waals surface area contributed by atoms with E-state index in [1.807, 2.05) is 6.07 Å². The highest BCUT2D eigenvalue weighted by Crippen LogP contribution is 2.24. The summed E-state index contributed by atoms with van der Waals surface area (Å²) in [7, 11) is 0. The summed E-state index contributed by atoms with van der Waals surface area (Å²) in [5.74, 6) is -0.769. The number of benzene rings is 2. The Labute approximate surface area is 166 Å². The van der Waals surface area contributed by atoms with Crippen molar-refractivity contribution in [2.45, 2.75) is 25.9 Å². The van der Waals surface area contributed by atoms with E-state index in [4.69, 9.17) is 0 Å². The van der Waals surface area contributed by atoms with E-state index in [2.05, 4.69) is 20.9 Å². The highest BCUT2D eigenvalue weighted by molar-refractivity contribution is 5.91. The van der Waals surface area contributed by atoms with Crippen LogP contribution >= 0.6 is 12.4 Å². The molecule has 0 fully saturated rings. The minimum atomic E-state index is -0.385. The van der Waals surface area contributed by atoms with E-state index in [0.717, 1.165) is 10.2 Å². The fourth-order valence-corrected chi connectivity index (χ4v) is 3.22. The maximum atomic E-state index is 14.6. The van der Waals surface area contributed by atoms with Crippen molar-refractivity contribution >= 4 is 34.9 Å². The number of aromatic nitrogens is 3. The normalized spacial score (nSPS) is 12.9. The van der Waals surface area contributed by atoms with Gasteiger partial charge in [-0.05, 0) is 42.3 Å². The molecule has 0 saturated carbocycles. The largest absolute Gasteiger partial charge is 0.324 e. The zero-order chi connectivity index (χ0) is 18.8. The Balaban J connectivity index is 0.00000225. The zero-order valence-corrected chi connectivity index (χ0v) is 15.8. The van der Waals surface area contributed by atoms with Crippen molar-refractivity contribution in [2.75, 3.05) is 11.9 Å². The van der Waals surface area contributed by atoms with Crippen molar-refractivity contribution in [3.8, 4) is 0 Å². The van der Waals surface area contributed by atoms with Gasteiger partial charge in [-0.25, -0.2) is 9.07 Å². The van der Waals surface area contributed by atoms with Crippen LogP contribution in [0, 0.1) is 5.82 Å². The Morgan fingerprint density at radius 3 is 2.93 bits per heavy atom. The van der Waals surface area contributed by atoms with Crippen LogP contribution in [0.15, 0.2) is 41.2 Å². The van der Waals surface area contributed by atoms with E-state index in [1.165, 1.54) is 0 Å². The maximum Gasteiger partial charge on any atom is 0.277 e. The fraction of sp³-hybridized carbons (Fsp3) is 0.263. The van der Waals surface area contributed by atoms with E-state index < -0.39 is 0 Å². The van der Waals surface area contributed by atoms with Crippen molar-refractivity contribution in [3.63, 3.8) is 0 Å². The number of carbonyl (C=O) groups excluding carboxylic acids is 1. The van der Waals surface area contributed by atoms with Crippen molar-refractivity contribution < 1.29 is 9.18 Å². The summed E-state index contributed by atoms with van der Waals surface area (Å²) < 4.78 is 15.7. The average Bonchev–Trinajstić information content (AvgIpc) is 2.70. The third-order valence-electron chi connectivity index (χ3n) is 4.66. The summed E-state index contributed by atoms with van der Waals surface area (Å²) in [5.41, 5.74) is 1.92. The Bertz CT molecular complexity index is 1090. The molecule has 0 unspecified atom stereocenters. The Morgan fingerprint density at radius 1 is 1.25 bits per heavy atom. The Hall–Kier alpha value is -2.84. The number of hydrogen-bond donors (Lipinski definition) is 2. The molecule has 1 aromatic heterocycles. The van der Waals surface area contributed by atoms with Gasteiger partial charge in [0.1, 0.15) is 11.3 Å². The van der Waals surface area contributed by atoms with E-state index in [9.17, 15) is 14.0 Å². The molecule has 9 heteroatoms. The minimum Gasteiger partial charge on any atom is -0.324 e. The van der Waals surface area contributed by atoms with Crippen molar-refractivity contribution in [1.82, 2.24) is 20.3 Å². The lowest BCUT2D eigenvalue weighted by Gasteiger charge is -2.19. The number of rotatable bonds is 4. The number of hydrogen-bond acceptors (Lipinski definition) is 5. The molecule has 1 aliphatic heterocycles. The number of carbonyl (C=O) groups is 1. The quantitative estimate of drug-likeness (QED) is 0.695. The number of amides is 1. The molecule has 146 valence electrons. The van der Waals surface area contributed by atoms with Crippen LogP contribution in [0.4, 0.5) is 10.1 Å². The van der Waals surface area contributed by atoms with Gasteiger partial charge in [0.15, 0.2) is 0 Å². The molecular weight excluding hydrogens is 385 g/mol. The lowest BCUT2D eigenvalue weighted by molar-refractivity contribution is -0.116. The summed E-state index contributed by atoms with van der Waals surface area (Å²) in [6, 6.07) is 10.3. The van der Waals surface area contributed by atoms with Crippen molar-refractivity contribution in [2.24, 2.45) is 0 Å². The minimum absolute atomic E-state index is 0. The van der Waals surface area contributed by atoms with Crippen LogP contribution in [0.1, 0.15) is 17.5 Å². The lowest BCUT2D eigenvalue weighted by atomic mass is 9.99. The van der Waals surface area contributed by atoms with E-state index in [-0.39, 0.29) is 48.3 Å². The summed E-state index contributed by atoms with van der Waals surface area (Å²) >= 11 is 0. The van der Waals surface area contributed by atoms with Crippen LogP contribution in [-0.2, 0) is 24.3 Å². The third-order valence-corrected chi connectivity index (χ3v) is 4.66. The number of halogens is 2. The predicted octanol–water partition coefficient (Wildman–Crippen LogP) is 2.03. The molecule has 2 heterocycles. The van der Waals surface area contributed by atoms with Gasteiger partial charge in [0, 0.05) is 13.0 Å². The number of nitrogens with one attached hydrogen (secondary N) is 2. The lowest BCUT2D eigenvalue weighted by Crippen LogP contribution is -2.27. The average molecular weight is 404 g/mol. The first kappa shape index (κ1) is 19.9. The summed E-state index contributed by atoms with van der Waals surface area (Å²) in [6.45, 7) is 1.41. The monoisotopic (exact) mass is 403 g/mol. The van der Waals surface area contributed by atoms with Gasteiger partial charge in [-0.1, -0.05) is 23.4 Å².